The number of amides is 2. The van der Waals surface area contributed by atoms with E-state index in [0.717, 1.165) is 23.1 Å². The zero-order valence-corrected chi connectivity index (χ0v) is 17.3. The van der Waals surface area contributed by atoms with Crippen LogP contribution in [0.5, 0.6) is 11.5 Å². The van der Waals surface area contributed by atoms with E-state index < -0.39 is 10.8 Å². The van der Waals surface area contributed by atoms with Crippen molar-refractivity contribution in [2.75, 3.05) is 13.7 Å². The SMILES string of the molecule is CCCOc1ccc(/C=C2/SC(=O)N(Cc3ccc([N+](=O)[O-])cc3)C2=O)cc1OC. The van der Waals surface area contributed by atoms with E-state index in [0.29, 0.717) is 34.1 Å². The minimum absolute atomic E-state index is 0.0481. The molecule has 2 amide bonds. The lowest BCUT2D eigenvalue weighted by molar-refractivity contribution is -0.384. The second-order valence-electron chi connectivity index (χ2n) is 6.45. The van der Waals surface area contributed by atoms with Gasteiger partial charge in [-0.25, -0.2) is 0 Å². The number of carbonyl (C=O) groups excluding carboxylic acids is 2. The maximum Gasteiger partial charge on any atom is 0.293 e. The van der Waals surface area contributed by atoms with Crippen LogP contribution in [0.15, 0.2) is 47.4 Å². The Morgan fingerprint density at radius 1 is 1.13 bits per heavy atom. The van der Waals surface area contributed by atoms with Crippen molar-refractivity contribution in [1.82, 2.24) is 4.90 Å². The Balaban J connectivity index is 1.76. The molecule has 1 saturated heterocycles. The first-order valence-corrected chi connectivity index (χ1v) is 10.0. The monoisotopic (exact) mass is 428 g/mol. The van der Waals surface area contributed by atoms with Crippen molar-refractivity contribution in [2.24, 2.45) is 0 Å². The number of imide groups is 1. The first kappa shape index (κ1) is 21.4. The topological polar surface area (TPSA) is 99.0 Å². The van der Waals surface area contributed by atoms with Gasteiger partial charge in [-0.1, -0.05) is 25.1 Å². The molecular weight excluding hydrogens is 408 g/mol. The predicted molar refractivity (Wildman–Crippen MR) is 113 cm³/mol. The van der Waals surface area contributed by atoms with Crippen molar-refractivity contribution in [3.05, 3.63) is 68.6 Å². The largest absolute Gasteiger partial charge is 0.493 e. The van der Waals surface area contributed by atoms with E-state index in [4.69, 9.17) is 9.47 Å². The van der Waals surface area contributed by atoms with Gasteiger partial charge in [0.05, 0.1) is 30.1 Å². The van der Waals surface area contributed by atoms with Gasteiger partial charge in [-0.15, -0.1) is 0 Å². The number of benzene rings is 2. The van der Waals surface area contributed by atoms with Crippen LogP contribution in [0.25, 0.3) is 6.08 Å². The second kappa shape index (κ2) is 9.45. The lowest BCUT2D eigenvalue weighted by atomic mass is 10.1. The number of ether oxygens (including phenoxy) is 2. The van der Waals surface area contributed by atoms with Crippen LogP contribution in [0, 0.1) is 10.1 Å². The standard InChI is InChI=1S/C21H20N2O6S/c1-3-10-29-17-9-6-15(11-18(17)28-2)12-19-20(24)22(21(25)30-19)13-14-4-7-16(8-5-14)23(26)27/h4-9,11-12H,3,10,13H2,1-2H3/b19-12+. The minimum Gasteiger partial charge on any atom is -0.493 e. The van der Waals surface area contributed by atoms with Gasteiger partial charge in [0, 0.05) is 12.1 Å². The molecule has 0 bridgehead atoms. The number of nitro groups is 1. The summed E-state index contributed by atoms with van der Waals surface area (Å²) in [5, 5.41) is 10.4. The number of carbonyl (C=O) groups is 2. The Labute approximate surface area is 177 Å². The van der Waals surface area contributed by atoms with Crippen LogP contribution >= 0.6 is 11.8 Å². The van der Waals surface area contributed by atoms with Crippen LogP contribution in [0.2, 0.25) is 0 Å². The Hall–Kier alpha value is -3.33. The van der Waals surface area contributed by atoms with Gasteiger partial charge in [0.25, 0.3) is 16.8 Å². The molecule has 2 aromatic rings. The van der Waals surface area contributed by atoms with E-state index in [1.54, 1.807) is 24.3 Å². The highest BCUT2D eigenvalue weighted by molar-refractivity contribution is 8.18. The maximum atomic E-state index is 12.7. The number of hydrogen-bond acceptors (Lipinski definition) is 7. The van der Waals surface area contributed by atoms with Gasteiger partial charge in [-0.05, 0) is 47.5 Å². The summed E-state index contributed by atoms with van der Waals surface area (Å²) in [5.74, 6) is 0.749. The summed E-state index contributed by atoms with van der Waals surface area (Å²) in [5.41, 5.74) is 1.29. The summed E-state index contributed by atoms with van der Waals surface area (Å²) in [6.45, 7) is 2.62. The number of methoxy groups -OCH3 is 1. The molecule has 156 valence electrons. The molecule has 0 atom stereocenters. The normalized spacial score (nSPS) is 15.0. The van der Waals surface area contributed by atoms with E-state index in [2.05, 4.69) is 0 Å². The highest BCUT2D eigenvalue weighted by Crippen LogP contribution is 2.35. The third kappa shape index (κ3) is 4.80. The molecule has 0 aliphatic carbocycles. The molecule has 3 rings (SSSR count). The maximum absolute atomic E-state index is 12.7. The summed E-state index contributed by atoms with van der Waals surface area (Å²) in [7, 11) is 1.54. The Morgan fingerprint density at radius 2 is 1.87 bits per heavy atom. The summed E-state index contributed by atoms with van der Waals surface area (Å²) in [4.78, 5) is 36.7. The van der Waals surface area contributed by atoms with Crippen LogP contribution < -0.4 is 9.47 Å². The van der Waals surface area contributed by atoms with Crippen LogP contribution in [-0.4, -0.2) is 34.7 Å². The van der Waals surface area contributed by atoms with E-state index in [-0.39, 0.29) is 17.5 Å². The first-order chi connectivity index (χ1) is 14.4. The van der Waals surface area contributed by atoms with E-state index >= 15 is 0 Å². The fraction of sp³-hybridized carbons (Fsp3) is 0.238. The molecule has 0 aromatic heterocycles. The van der Waals surface area contributed by atoms with Gasteiger partial charge in [0.2, 0.25) is 0 Å². The van der Waals surface area contributed by atoms with Crippen LogP contribution in [-0.2, 0) is 11.3 Å². The van der Waals surface area contributed by atoms with E-state index in [9.17, 15) is 19.7 Å². The average Bonchev–Trinajstić information content (AvgIpc) is 3.00. The highest BCUT2D eigenvalue weighted by Gasteiger charge is 2.35. The molecule has 0 N–H and O–H groups in total. The van der Waals surface area contributed by atoms with Crippen molar-refractivity contribution in [3.8, 4) is 11.5 Å². The van der Waals surface area contributed by atoms with Gasteiger partial charge < -0.3 is 9.47 Å². The Kier molecular flexibility index (Phi) is 6.73. The molecule has 0 unspecified atom stereocenters. The zero-order valence-electron chi connectivity index (χ0n) is 16.5. The van der Waals surface area contributed by atoms with Crippen LogP contribution in [0.4, 0.5) is 10.5 Å². The number of hydrogen-bond donors (Lipinski definition) is 0. The number of non-ortho nitro benzene ring substituents is 1. The highest BCUT2D eigenvalue weighted by atomic mass is 32.2. The lowest BCUT2D eigenvalue weighted by Crippen LogP contribution is -2.27. The first-order valence-electron chi connectivity index (χ1n) is 9.22. The lowest BCUT2D eigenvalue weighted by Gasteiger charge is -2.12. The average molecular weight is 428 g/mol. The smallest absolute Gasteiger partial charge is 0.293 e. The van der Waals surface area contributed by atoms with Gasteiger partial charge in [-0.2, -0.15) is 0 Å². The van der Waals surface area contributed by atoms with Crippen molar-refractivity contribution < 1.29 is 24.0 Å². The molecule has 1 aliphatic rings. The van der Waals surface area contributed by atoms with Gasteiger partial charge >= 0.3 is 0 Å². The molecule has 1 aliphatic heterocycles. The molecule has 0 spiro atoms. The predicted octanol–water partition coefficient (Wildman–Crippen LogP) is 4.63. The molecule has 1 heterocycles. The number of nitro benzene ring substituents is 1. The summed E-state index contributed by atoms with van der Waals surface area (Å²) < 4.78 is 11.0. The molecule has 9 heteroatoms. The number of thioether (sulfide) groups is 1. The minimum atomic E-state index is -0.501. The second-order valence-corrected chi connectivity index (χ2v) is 7.44. The molecule has 1 fully saturated rings. The fourth-order valence-electron chi connectivity index (χ4n) is 2.80. The molecule has 0 radical (unpaired) electrons. The quantitative estimate of drug-likeness (QED) is 0.343. The van der Waals surface area contributed by atoms with Crippen molar-refractivity contribution in [1.29, 1.82) is 0 Å². The van der Waals surface area contributed by atoms with Gasteiger partial charge in [0.1, 0.15) is 0 Å². The van der Waals surface area contributed by atoms with E-state index in [1.165, 1.54) is 31.4 Å². The Morgan fingerprint density at radius 3 is 2.50 bits per heavy atom. The van der Waals surface area contributed by atoms with E-state index in [1.807, 2.05) is 6.92 Å². The van der Waals surface area contributed by atoms with Crippen LogP contribution in [0.3, 0.4) is 0 Å². The Bertz CT molecular complexity index is 1000. The third-order valence-corrected chi connectivity index (χ3v) is 5.22. The summed E-state index contributed by atoms with van der Waals surface area (Å²) in [6, 6.07) is 11.1. The van der Waals surface area contributed by atoms with Gasteiger partial charge in [-0.3, -0.25) is 24.6 Å². The molecule has 8 nitrogen and oxygen atoms in total. The van der Waals surface area contributed by atoms with Crippen LogP contribution in [0.1, 0.15) is 24.5 Å². The zero-order chi connectivity index (χ0) is 21.7. The summed E-state index contributed by atoms with van der Waals surface area (Å²) >= 11 is 0.854. The molecular formula is C21H20N2O6S. The van der Waals surface area contributed by atoms with Crippen molar-refractivity contribution in [3.63, 3.8) is 0 Å². The van der Waals surface area contributed by atoms with Crippen molar-refractivity contribution in [2.45, 2.75) is 19.9 Å². The third-order valence-electron chi connectivity index (χ3n) is 4.31. The number of nitrogens with zero attached hydrogens (tertiary/aromatic N) is 2. The number of rotatable bonds is 8. The summed E-state index contributed by atoms with van der Waals surface area (Å²) in [6.07, 6.45) is 2.50. The molecule has 0 saturated carbocycles. The molecule has 30 heavy (non-hydrogen) atoms. The molecule has 2 aromatic carbocycles. The fourth-order valence-corrected chi connectivity index (χ4v) is 3.64. The van der Waals surface area contributed by atoms with Gasteiger partial charge in [0.15, 0.2) is 11.5 Å². The van der Waals surface area contributed by atoms with Crippen molar-refractivity contribution >= 4 is 34.7 Å².